The Morgan fingerprint density at radius 2 is 1.75 bits per heavy atom. The largest absolute Gasteiger partial charge is 0.463 e. The Balaban J connectivity index is 0. The van der Waals surface area contributed by atoms with Crippen LogP contribution in [0.15, 0.2) is 0 Å². The predicted molar refractivity (Wildman–Crippen MR) is 11.0 cm³/mol. The Morgan fingerprint density at radius 3 is 1.75 bits per heavy atom. The molecule has 0 saturated carbocycles. The second-order valence-corrected chi connectivity index (χ2v) is 0.0816. The zero-order valence-electron chi connectivity index (χ0n) is 1.71. The zero-order valence-corrected chi connectivity index (χ0v) is 1.71. The van der Waals surface area contributed by atoms with Gasteiger partial charge in [-0.25, -0.2) is 0 Å². The molecule has 0 aromatic rings. The molecular weight excluding hydrogens is 63.0 g/mol. The van der Waals surface area contributed by atoms with Gasteiger partial charge in [0.15, 0.2) is 0 Å². The van der Waals surface area contributed by atoms with E-state index in [2.05, 4.69) is 0 Å². The number of diazo groups is 1. The fraction of sp³-hybridized carbons (Fsp3) is 0. The Hall–Kier alpha value is -0.850. The summed E-state index contributed by atoms with van der Waals surface area (Å²) in [6.45, 7) is 0. The number of hydrogen-bond donors (Lipinski definition) is 0. The van der Waals surface area contributed by atoms with Crippen molar-refractivity contribution in [2.75, 3.05) is 0 Å². The molecule has 0 radical (unpaired) electrons. The summed E-state index contributed by atoms with van der Waals surface area (Å²) < 4.78 is 0. The maximum Gasteiger partial charge on any atom is 0.237 e. The van der Waals surface area contributed by atoms with Gasteiger partial charge in [-0.2, -0.15) is 0 Å². The summed E-state index contributed by atoms with van der Waals surface area (Å²) in [6.07, 6.45) is 0. The molecule has 24 valence electrons. The van der Waals surface area contributed by atoms with Gasteiger partial charge in [-0.1, -0.05) is 0 Å². The third-order valence-electron chi connectivity index (χ3n) is 0. The fourth-order valence-corrected chi connectivity index (χ4v) is 0. The molecule has 0 spiro atoms. The molecule has 0 fully saturated rings. The minimum atomic E-state index is 0. The lowest BCUT2D eigenvalue weighted by Crippen LogP contribution is -1.00. The van der Waals surface area contributed by atoms with Crippen molar-refractivity contribution in [1.29, 1.82) is 5.39 Å². The van der Waals surface area contributed by atoms with Crippen LogP contribution in [-0.4, -0.2) is 0 Å². The second-order valence-electron chi connectivity index (χ2n) is 0.0816. The van der Waals surface area contributed by atoms with E-state index >= 15 is 0 Å². The maximum atomic E-state index is 8.11. The molecule has 3 nitrogen and oxygen atoms in total. The molecule has 0 aliphatic heterocycles. The molecule has 0 aliphatic rings. The van der Waals surface area contributed by atoms with Crippen LogP contribution in [0.5, 0.6) is 0 Å². The summed E-state index contributed by atoms with van der Waals surface area (Å²) >= 11 is 0. The lowest BCUT2D eigenvalue weighted by Gasteiger charge is -1.26. The molecule has 0 rings (SSSR count). The van der Waals surface area contributed by atoms with Crippen molar-refractivity contribution >= 4 is 0 Å². The Bertz CT molecular complexity index is 27.5. The van der Waals surface area contributed by atoms with Gasteiger partial charge in [0.1, 0.15) is 0 Å². The molecule has 0 atom stereocenters. The van der Waals surface area contributed by atoms with Crippen LogP contribution in [0.25, 0.3) is 5.14 Å². The average molecular weight is 64.0 g/mol. The van der Waals surface area contributed by atoms with Crippen molar-refractivity contribution in [3.05, 3.63) is 10.3 Å². The Morgan fingerprint density at radius 1 is 1.75 bits per heavy atom. The minimum absolute atomic E-state index is 0. The first-order chi connectivity index (χ1) is 1.41. The van der Waals surface area contributed by atoms with Gasteiger partial charge in [-0.3, -0.25) is 4.70 Å². The van der Waals surface area contributed by atoms with Gasteiger partial charge in [0.05, 0.1) is 0 Å². The van der Waals surface area contributed by atoms with Gasteiger partial charge in [0, 0.05) is 0 Å². The molecule has 4 heteroatoms. The fourth-order valence-electron chi connectivity index (χ4n) is 0. The molecular formula is HFN2O. The van der Waals surface area contributed by atoms with Crippen LogP contribution in [0.1, 0.15) is 0 Å². The Labute approximate surface area is 21.8 Å². The lowest BCUT2D eigenvalue weighted by molar-refractivity contribution is 1.11. The number of nitrogens with zero attached hydrogens (tertiary/aromatic N) is 2. The number of halogens is 1. The predicted octanol–water partition coefficient (Wildman–Crippen LogP) is 0.490. The number of hydrogen-bond acceptors (Lipinski definition) is 2. The van der Waals surface area contributed by atoms with Gasteiger partial charge in [-0.05, 0) is 0 Å². The second kappa shape index (κ2) is 126. The summed E-state index contributed by atoms with van der Waals surface area (Å²) in [7, 11) is 0. The van der Waals surface area contributed by atoms with Crippen molar-refractivity contribution in [3.63, 3.8) is 0 Å². The monoisotopic (exact) mass is 64.0 g/mol. The minimum Gasteiger partial charge on any atom is -0.463 e. The molecule has 0 aromatic heterocycles. The standard InChI is InChI=1S/FH.N2O/c;1-2-3/h1H;. The van der Waals surface area contributed by atoms with Crippen LogP contribution in [0.2, 0.25) is 0 Å². The normalized spacial score (nSPS) is 1.75. The molecule has 0 unspecified atom stereocenters. The molecule has 0 amide bonds. The molecule has 0 aliphatic carbocycles. The van der Waals surface area contributed by atoms with Crippen molar-refractivity contribution in [3.8, 4) is 0 Å². The summed E-state index contributed by atoms with van der Waals surface area (Å²) in [4.78, 5) is 0. The van der Waals surface area contributed by atoms with E-state index < -0.39 is 0 Å². The average Bonchev–Trinajstić information content (AvgIpc) is 0.918. The van der Waals surface area contributed by atoms with E-state index in [1.165, 1.54) is 5.14 Å². The van der Waals surface area contributed by atoms with E-state index in [-0.39, 0.29) is 4.70 Å². The zero-order chi connectivity index (χ0) is 2.71. The maximum absolute atomic E-state index is 8.11. The van der Waals surface area contributed by atoms with E-state index in [1.54, 1.807) is 0 Å². The van der Waals surface area contributed by atoms with E-state index in [9.17, 15) is 0 Å². The molecule has 4 heavy (non-hydrogen) atoms. The van der Waals surface area contributed by atoms with E-state index in [0.717, 1.165) is 0 Å². The highest BCUT2D eigenvalue weighted by molar-refractivity contribution is 4.43. The van der Waals surface area contributed by atoms with Crippen molar-refractivity contribution in [1.82, 2.24) is 0 Å². The van der Waals surface area contributed by atoms with Gasteiger partial charge >= 0.3 is 0 Å². The van der Waals surface area contributed by atoms with E-state index in [1.807, 2.05) is 0 Å². The SMILES string of the molecule is F.N#[N+][O-]. The highest BCUT2D eigenvalue weighted by Crippen LogP contribution is 1.32. The first-order valence-corrected chi connectivity index (χ1v) is 0.383. The first-order valence-electron chi connectivity index (χ1n) is 0.383. The van der Waals surface area contributed by atoms with Crippen LogP contribution in [0, 0.1) is 10.6 Å². The van der Waals surface area contributed by atoms with Gasteiger partial charge in [0.25, 0.3) is 0 Å². The van der Waals surface area contributed by atoms with Gasteiger partial charge < -0.3 is 5.21 Å². The smallest absolute Gasteiger partial charge is 0.237 e. The van der Waals surface area contributed by atoms with Crippen LogP contribution in [-0.2, 0) is 0 Å². The third kappa shape index (κ3) is 0.0358. The topological polar surface area (TPSA) is 51.2 Å². The molecule has 0 heterocycles. The van der Waals surface area contributed by atoms with Gasteiger partial charge in [0.2, 0.25) is 10.5 Å². The molecule has 0 aromatic carbocycles. The van der Waals surface area contributed by atoms with Crippen molar-refractivity contribution < 1.29 is 4.70 Å². The third-order valence-corrected chi connectivity index (χ3v) is 0. The number of rotatable bonds is 0. The summed E-state index contributed by atoms with van der Waals surface area (Å²) in [5.41, 5.74) is 0. The summed E-state index contributed by atoms with van der Waals surface area (Å²) in [6, 6.07) is 0. The Kier molecular flexibility index (Phi) is 348. The van der Waals surface area contributed by atoms with E-state index in [4.69, 9.17) is 10.6 Å². The summed E-state index contributed by atoms with van der Waals surface area (Å²) in [5, 5.41) is 16.0. The van der Waals surface area contributed by atoms with Crippen LogP contribution < -0.4 is 0 Å². The lowest BCUT2D eigenvalue weighted by atomic mass is 13.2. The highest BCUT2D eigenvalue weighted by Gasteiger charge is 1.19. The van der Waals surface area contributed by atoms with Crippen molar-refractivity contribution in [2.45, 2.75) is 0 Å². The van der Waals surface area contributed by atoms with Crippen LogP contribution in [0.4, 0.5) is 4.70 Å². The molecule has 0 saturated heterocycles. The molecule has 0 bridgehead atoms. The quantitative estimate of drug-likeness (QED) is 0.304. The summed E-state index contributed by atoms with van der Waals surface area (Å²) in [5.74, 6) is 0. The first kappa shape index (κ1) is 11.0. The van der Waals surface area contributed by atoms with Crippen LogP contribution in [0.3, 0.4) is 0 Å². The van der Waals surface area contributed by atoms with Gasteiger partial charge in [-0.15, -0.1) is 0 Å². The molecule has 0 N–H and O–H groups in total. The van der Waals surface area contributed by atoms with Crippen LogP contribution >= 0.6 is 0 Å². The van der Waals surface area contributed by atoms with Crippen molar-refractivity contribution in [2.24, 2.45) is 0 Å². The highest BCUT2D eigenvalue weighted by atomic mass is 19.0. The van der Waals surface area contributed by atoms with E-state index in [0.29, 0.717) is 0 Å².